The van der Waals surface area contributed by atoms with E-state index >= 15 is 0 Å². The molecule has 0 N–H and O–H groups in total. The highest BCUT2D eigenvalue weighted by Gasteiger charge is 2.25. The molecular weight excluding hydrogens is 336 g/mol. The number of hydrogen-bond acceptors (Lipinski definition) is 3. The summed E-state index contributed by atoms with van der Waals surface area (Å²) in [4.78, 5) is 17.3. The van der Waals surface area contributed by atoms with Crippen LogP contribution < -0.4 is 0 Å². The molecule has 0 unspecified atom stereocenters. The summed E-state index contributed by atoms with van der Waals surface area (Å²) in [5.74, 6) is 0.0932. The summed E-state index contributed by atoms with van der Waals surface area (Å²) in [6, 6.07) is 7.75. The molecule has 0 spiro atoms. The first-order valence-corrected chi connectivity index (χ1v) is 9.10. The minimum absolute atomic E-state index is 0.0932. The predicted molar refractivity (Wildman–Crippen MR) is 100 cm³/mol. The number of likely N-dealkylation sites (N-methyl/N-ethyl adjacent to an activating group) is 1. The van der Waals surface area contributed by atoms with E-state index in [1.165, 1.54) is 0 Å². The first kappa shape index (κ1) is 18.0. The highest BCUT2D eigenvalue weighted by atomic mass is 35.5. The van der Waals surface area contributed by atoms with Crippen molar-refractivity contribution in [2.24, 2.45) is 0 Å². The zero-order chi connectivity index (χ0) is 18.0. The normalized spacial score (nSPS) is 16.1. The first-order valence-electron chi connectivity index (χ1n) is 8.72. The monoisotopic (exact) mass is 360 g/mol. The summed E-state index contributed by atoms with van der Waals surface area (Å²) in [6.45, 7) is 7.97. The van der Waals surface area contributed by atoms with E-state index in [0.717, 1.165) is 60.1 Å². The van der Waals surface area contributed by atoms with Crippen molar-refractivity contribution in [3.63, 3.8) is 0 Å². The van der Waals surface area contributed by atoms with Gasteiger partial charge in [0.25, 0.3) is 5.91 Å². The van der Waals surface area contributed by atoms with Gasteiger partial charge in [0.2, 0.25) is 0 Å². The first-order chi connectivity index (χ1) is 12.0. The lowest BCUT2D eigenvalue weighted by Crippen LogP contribution is -2.35. The van der Waals surface area contributed by atoms with Gasteiger partial charge in [-0.25, -0.2) is 0 Å². The Labute approximate surface area is 154 Å². The molecule has 6 heteroatoms. The van der Waals surface area contributed by atoms with Gasteiger partial charge in [-0.15, -0.1) is 0 Å². The van der Waals surface area contributed by atoms with Crippen molar-refractivity contribution in [2.45, 2.75) is 26.8 Å². The van der Waals surface area contributed by atoms with Gasteiger partial charge in [0, 0.05) is 30.4 Å². The van der Waals surface area contributed by atoms with Crippen LogP contribution >= 0.6 is 11.6 Å². The Hall–Kier alpha value is -1.85. The molecule has 1 aliphatic rings. The largest absolute Gasteiger partial charge is 0.337 e. The lowest BCUT2D eigenvalue weighted by Gasteiger charge is -2.20. The Morgan fingerprint density at radius 1 is 1.16 bits per heavy atom. The number of nitrogens with zero attached hydrogens (tertiary/aromatic N) is 4. The lowest BCUT2D eigenvalue weighted by atomic mass is 10.1. The molecule has 1 aliphatic heterocycles. The van der Waals surface area contributed by atoms with E-state index in [2.05, 4.69) is 17.0 Å². The molecule has 2 heterocycles. The van der Waals surface area contributed by atoms with Crippen LogP contribution in [0.1, 0.15) is 33.7 Å². The molecule has 0 atom stereocenters. The Morgan fingerprint density at radius 3 is 2.68 bits per heavy atom. The molecule has 5 nitrogen and oxygen atoms in total. The number of amides is 1. The summed E-state index contributed by atoms with van der Waals surface area (Å²) in [5, 5.41) is 5.32. The van der Waals surface area contributed by atoms with Gasteiger partial charge in [0.05, 0.1) is 17.8 Å². The van der Waals surface area contributed by atoms with Gasteiger partial charge >= 0.3 is 0 Å². The van der Waals surface area contributed by atoms with Gasteiger partial charge in [0.1, 0.15) is 0 Å². The average molecular weight is 361 g/mol. The smallest absolute Gasteiger partial charge is 0.257 e. The number of rotatable bonds is 3. The van der Waals surface area contributed by atoms with Crippen LogP contribution in [-0.2, 0) is 6.54 Å². The Kier molecular flexibility index (Phi) is 5.45. The van der Waals surface area contributed by atoms with Crippen LogP contribution in [0, 0.1) is 13.8 Å². The Bertz CT molecular complexity index is 771. The molecule has 0 radical (unpaired) electrons. The van der Waals surface area contributed by atoms with Gasteiger partial charge in [-0.2, -0.15) is 5.10 Å². The highest BCUT2D eigenvalue weighted by molar-refractivity contribution is 6.31. The fourth-order valence-corrected chi connectivity index (χ4v) is 3.55. The van der Waals surface area contributed by atoms with Crippen LogP contribution in [0.15, 0.2) is 24.3 Å². The van der Waals surface area contributed by atoms with Crippen LogP contribution in [-0.4, -0.2) is 58.7 Å². The molecule has 1 fully saturated rings. The van der Waals surface area contributed by atoms with Crippen LogP contribution in [0.5, 0.6) is 0 Å². The van der Waals surface area contributed by atoms with Gasteiger partial charge < -0.3 is 9.80 Å². The third kappa shape index (κ3) is 3.88. The highest BCUT2D eigenvalue weighted by Crippen LogP contribution is 2.21. The van der Waals surface area contributed by atoms with Crippen molar-refractivity contribution in [1.29, 1.82) is 0 Å². The van der Waals surface area contributed by atoms with E-state index in [0.29, 0.717) is 6.54 Å². The average Bonchev–Trinajstić information content (AvgIpc) is 2.74. The number of carbonyl (C=O) groups excluding carboxylic acids is 1. The number of aromatic nitrogens is 2. The van der Waals surface area contributed by atoms with Crippen molar-refractivity contribution in [3.05, 3.63) is 51.8 Å². The third-order valence-electron chi connectivity index (χ3n) is 4.88. The van der Waals surface area contributed by atoms with Gasteiger partial charge in [-0.1, -0.05) is 29.8 Å². The van der Waals surface area contributed by atoms with Crippen LogP contribution in [0.25, 0.3) is 0 Å². The standard InChI is InChI=1S/C19H25ClN4O/c1-14-18(19(25)23-10-6-9-22(3)11-12-23)15(2)24(21-14)13-16-7-4-5-8-17(16)20/h4-5,7-8H,6,9-13H2,1-3H3. The van der Waals surface area contributed by atoms with E-state index < -0.39 is 0 Å². The third-order valence-corrected chi connectivity index (χ3v) is 5.25. The molecule has 1 amide bonds. The summed E-state index contributed by atoms with van der Waals surface area (Å²) in [5.41, 5.74) is 3.42. The molecular formula is C19H25ClN4O. The molecule has 0 aliphatic carbocycles. The lowest BCUT2D eigenvalue weighted by molar-refractivity contribution is 0.0761. The minimum atomic E-state index is 0.0932. The van der Waals surface area contributed by atoms with Gasteiger partial charge in [-0.05, 0) is 45.5 Å². The summed E-state index contributed by atoms with van der Waals surface area (Å²) >= 11 is 6.27. The number of halogens is 1. The number of aryl methyl sites for hydroxylation is 1. The van der Waals surface area contributed by atoms with Crippen molar-refractivity contribution < 1.29 is 4.79 Å². The second kappa shape index (κ2) is 7.58. The van der Waals surface area contributed by atoms with Crippen molar-refractivity contribution in [3.8, 4) is 0 Å². The topological polar surface area (TPSA) is 41.4 Å². The fraction of sp³-hybridized carbons (Fsp3) is 0.474. The number of hydrogen-bond donors (Lipinski definition) is 0. The Balaban J connectivity index is 1.84. The predicted octanol–water partition coefficient (Wildman–Crippen LogP) is 2.98. The fourth-order valence-electron chi connectivity index (χ4n) is 3.36. The Morgan fingerprint density at radius 2 is 1.92 bits per heavy atom. The van der Waals surface area contributed by atoms with Gasteiger partial charge in [-0.3, -0.25) is 9.48 Å². The van der Waals surface area contributed by atoms with E-state index in [9.17, 15) is 4.79 Å². The molecule has 3 rings (SSSR count). The van der Waals surface area contributed by atoms with E-state index in [-0.39, 0.29) is 5.91 Å². The molecule has 0 bridgehead atoms. The zero-order valence-corrected chi connectivity index (χ0v) is 15.9. The van der Waals surface area contributed by atoms with Gasteiger partial charge in [0.15, 0.2) is 0 Å². The maximum absolute atomic E-state index is 13.1. The SMILES string of the molecule is Cc1nn(Cc2ccccc2Cl)c(C)c1C(=O)N1CCCN(C)CC1. The second-order valence-corrected chi connectivity index (χ2v) is 7.15. The second-order valence-electron chi connectivity index (χ2n) is 6.74. The zero-order valence-electron chi connectivity index (χ0n) is 15.1. The van der Waals surface area contributed by atoms with Crippen molar-refractivity contribution >= 4 is 17.5 Å². The molecule has 1 saturated heterocycles. The molecule has 25 heavy (non-hydrogen) atoms. The van der Waals surface area contributed by atoms with Crippen LogP contribution in [0.4, 0.5) is 0 Å². The number of benzene rings is 1. The van der Waals surface area contributed by atoms with E-state index in [4.69, 9.17) is 11.6 Å². The number of carbonyl (C=O) groups is 1. The summed E-state index contributed by atoms with van der Waals surface area (Å²) in [6.07, 6.45) is 1.01. The maximum Gasteiger partial charge on any atom is 0.257 e. The van der Waals surface area contributed by atoms with Crippen molar-refractivity contribution in [1.82, 2.24) is 19.6 Å². The molecule has 1 aromatic heterocycles. The maximum atomic E-state index is 13.1. The quantitative estimate of drug-likeness (QED) is 0.845. The molecule has 2 aromatic rings. The summed E-state index contributed by atoms with van der Waals surface area (Å²) < 4.78 is 1.88. The molecule has 1 aromatic carbocycles. The molecule has 134 valence electrons. The van der Waals surface area contributed by atoms with E-state index in [1.807, 2.05) is 47.7 Å². The van der Waals surface area contributed by atoms with Crippen LogP contribution in [0.3, 0.4) is 0 Å². The van der Waals surface area contributed by atoms with Crippen molar-refractivity contribution in [2.75, 3.05) is 33.2 Å². The molecule has 0 saturated carbocycles. The van der Waals surface area contributed by atoms with E-state index in [1.54, 1.807) is 0 Å². The summed E-state index contributed by atoms with van der Waals surface area (Å²) in [7, 11) is 2.10. The minimum Gasteiger partial charge on any atom is -0.337 e. The van der Waals surface area contributed by atoms with Crippen LogP contribution in [0.2, 0.25) is 5.02 Å².